The van der Waals surface area contributed by atoms with E-state index in [1.54, 1.807) is 7.11 Å². The van der Waals surface area contributed by atoms with E-state index in [1.165, 1.54) is 0 Å². The lowest BCUT2D eigenvalue weighted by Gasteiger charge is -2.51. The van der Waals surface area contributed by atoms with Crippen molar-refractivity contribution < 1.29 is 27.2 Å². The molecule has 0 radical (unpaired) electrons. The predicted molar refractivity (Wildman–Crippen MR) is 168 cm³/mol. The van der Waals surface area contributed by atoms with Crippen molar-refractivity contribution >= 4 is 29.3 Å². The van der Waals surface area contributed by atoms with Crippen LogP contribution in [0.15, 0.2) is 30.5 Å². The van der Waals surface area contributed by atoms with Gasteiger partial charge < -0.3 is 27.2 Å². The van der Waals surface area contributed by atoms with Gasteiger partial charge in [0.05, 0.1) is 6.61 Å². The van der Waals surface area contributed by atoms with Crippen LogP contribution in [0.3, 0.4) is 0 Å². The quantitative estimate of drug-likeness (QED) is 0.218. The molecule has 8 nitrogen and oxygen atoms in total. The molecule has 3 heterocycles. The number of hydrogen-bond acceptors (Lipinski definition) is 8. The number of para-hydroxylation sites is 1. The molecule has 2 fully saturated rings. The number of benzene rings is 1. The SMILES string of the molecule is CO[C@@H]1[C@@H]2O[Si](C(C)C)(C(C)C)O[Si](C(C)C)(C(C)C)OC[C@H]2O[C@H]1n1ccc(Oc2c(C)cccc2C)nc1=S. The van der Waals surface area contributed by atoms with E-state index in [4.69, 9.17) is 39.4 Å². The number of aromatic nitrogens is 2. The third-order valence-electron chi connectivity index (χ3n) is 8.58. The van der Waals surface area contributed by atoms with Crippen LogP contribution < -0.4 is 4.74 Å². The number of fused-ring (bicyclic) bond motifs is 1. The molecule has 2 aliphatic heterocycles. The molecule has 0 spiro atoms. The van der Waals surface area contributed by atoms with E-state index in [2.05, 4.69) is 60.4 Å². The minimum absolute atomic E-state index is 0.205. The van der Waals surface area contributed by atoms with Gasteiger partial charge in [-0.15, -0.1) is 0 Å². The lowest BCUT2D eigenvalue weighted by atomic mass is 10.1. The average Bonchev–Trinajstić information content (AvgIpc) is 3.21. The standard InChI is InChI=1S/C30H48N2O6SSi2/c1-18(2)40(19(3)4)34-17-24-27(37-41(38-40,20(5)6)21(7)8)28(33-11)29(35-24)32-16-15-25(31-30(32)39)36-26-22(9)13-12-14-23(26)10/h12-16,18-21,24,27-29H,17H2,1-11H3/t24-,27-,28-,29-/m1/s1. The molecule has 2 aromatic rings. The molecular weight excluding hydrogens is 573 g/mol. The smallest absolute Gasteiger partial charge is 0.335 e. The first-order valence-electron chi connectivity index (χ1n) is 14.8. The van der Waals surface area contributed by atoms with Gasteiger partial charge in [0.25, 0.3) is 0 Å². The van der Waals surface area contributed by atoms with Gasteiger partial charge in [-0.05, 0) is 59.4 Å². The summed E-state index contributed by atoms with van der Waals surface area (Å²) >= 11 is 5.77. The maximum Gasteiger partial charge on any atom is 0.335 e. The highest BCUT2D eigenvalue weighted by atomic mass is 32.1. The van der Waals surface area contributed by atoms with Crippen LogP contribution >= 0.6 is 12.2 Å². The minimum Gasteiger partial charge on any atom is -0.438 e. The Hall–Kier alpha value is -1.45. The molecule has 0 unspecified atom stereocenters. The fraction of sp³-hybridized carbons (Fsp3) is 0.667. The maximum atomic E-state index is 7.34. The number of aryl methyl sites for hydroxylation is 2. The van der Waals surface area contributed by atoms with Crippen LogP contribution in [0.1, 0.15) is 72.7 Å². The number of rotatable bonds is 8. The van der Waals surface area contributed by atoms with Gasteiger partial charge >= 0.3 is 17.1 Å². The Bertz CT molecular complexity index is 1230. The molecule has 41 heavy (non-hydrogen) atoms. The zero-order valence-electron chi connectivity index (χ0n) is 26.5. The number of ether oxygens (including phenoxy) is 3. The Morgan fingerprint density at radius 1 is 0.927 bits per heavy atom. The Kier molecular flexibility index (Phi) is 10.0. The van der Waals surface area contributed by atoms with E-state index in [9.17, 15) is 0 Å². The summed E-state index contributed by atoms with van der Waals surface area (Å²) in [6.45, 7) is 22.1. The van der Waals surface area contributed by atoms with Crippen molar-refractivity contribution in [3.8, 4) is 11.6 Å². The molecule has 0 saturated carbocycles. The van der Waals surface area contributed by atoms with Gasteiger partial charge in [-0.25, -0.2) is 0 Å². The van der Waals surface area contributed by atoms with Gasteiger partial charge in [-0.1, -0.05) is 73.6 Å². The van der Waals surface area contributed by atoms with Crippen molar-refractivity contribution in [1.29, 1.82) is 0 Å². The van der Waals surface area contributed by atoms with E-state index < -0.39 is 29.5 Å². The van der Waals surface area contributed by atoms with Crippen LogP contribution in [0, 0.1) is 18.6 Å². The Labute approximate surface area is 253 Å². The van der Waals surface area contributed by atoms with Crippen molar-refractivity contribution in [1.82, 2.24) is 9.55 Å². The Morgan fingerprint density at radius 3 is 2.02 bits per heavy atom. The van der Waals surface area contributed by atoms with E-state index in [0.29, 0.717) is 17.3 Å². The normalized spacial score (nSPS) is 25.9. The van der Waals surface area contributed by atoms with Crippen LogP contribution in [-0.4, -0.2) is 58.7 Å². The Morgan fingerprint density at radius 2 is 1.51 bits per heavy atom. The monoisotopic (exact) mass is 620 g/mol. The summed E-state index contributed by atoms with van der Waals surface area (Å²) in [6.07, 6.45) is 0.187. The highest BCUT2D eigenvalue weighted by Gasteiger charge is 2.62. The van der Waals surface area contributed by atoms with Crippen molar-refractivity contribution in [3.63, 3.8) is 0 Å². The summed E-state index contributed by atoms with van der Waals surface area (Å²) in [7, 11) is -3.81. The molecule has 228 valence electrons. The third-order valence-corrected chi connectivity index (χ3v) is 19.1. The average molecular weight is 621 g/mol. The second-order valence-electron chi connectivity index (χ2n) is 12.6. The molecule has 2 aliphatic rings. The molecule has 0 aliphatic carbocycles. The Balaban J connectivity index is 1.71. The zero-order valence-corrected chi connectivity index (χ0v) is 29.3. The first kappa shape index (κ1) is 32.5. The van der Waals surface area contributed by atoms with E-state index >= 15 is 0 Å². The molecule has 0 bridgehead atoms. The highest BCUT2D eigenvalue weighted by molar-refractivity contribution is 7.71. The van der Waals surface area contributed by atoms with Crippen LogP contribution in [0.5, 0.6) is 11.6 Å². The molecular formula is C30H48N2O6SSi2. The van der Waals surface area contributed by atoms with Crippen LogP contribution in [-0.2, 0) is 22.4 Å². The second kappa shape index (κ2) is 12.7. The molecule has 2 saturated heterocycles. The topological polar surface area (TPSA) is 73.2 Å². The summed E-state index contributed by atoms with van der Waals surface area (Å²) in [5.74, 6) is 1.22. The van der Waals surface area contributed by atoms with E-state index in [0.717, 1.165) is 16.9 Å². The number of nitrogens with zero attached hydrogens (tertiary/aromatic N) is 2. The van der Waals surface area contributed by atoms with Gasteiger partial charge in [-0.3, -0.25) is 4.57 Å². The fourth-order valence-corrected chi connectivity index (χ4v) is 17.8. The molecule has 4 atom stereocenters. The molecule has 0 amide bonds. The largest absolute Gasteiger partial charge is 0.438 e. The van der Waals surface area contributed by atoms with Crippen molar-refractivity contribution in [3.05, 3.63) is 46.4 Å². The van der Waals surface area contributed by atoms with Gasteiger partial charge in [-0.2, -0.15) is 4.98 Å². The lowest BCUT2D eigenvalue weighted by Crippen LogP contribution is -2.65. The minimum atomic E-state index is -2.83. The number of methoxy groups -OCH3 is 1. The molecule has 0 N–H and O–H groups in total. The van der Waals surface area contributed by atoms with Crippen LogP contribution in [0.2, 0.25) is 22.2 Å². The summed E-state index contributed by atoms with van der Waals surface area (Å²) in [6, 6.07) is 7.86. The fourth-order valence-electron chi connectivity index (χ4n) is 6.31. The lowest BCUT2D eigenvalue weighted by molar-refractivity contribution is -0.0631. The molecule has 1 aromatic heterocycles. The molecule has 11 heteroatoms. The van der Waals surface area contributed by atoms with Crippen LogP contribution in [0.25, 0.3) is 0 Å². The number of hydrogen-bond donors (Lipinski definition) is 0. The predicted octanol–water partition coefficient (Wildman–Crippen LogP) is 7.89. The van der Waals surface area contributed by atoms with Crippen molar-refractivity contribution in [2.45, 2.75) is 116 Å². The van der Waals surface area contributed by atoms with Crippen molar-refractivity contribution in [2.24, 2.45) is 0 Å². The first-order chi connectivity index (χ1) is 19.3. The summed E-state index contributed by atoms with van der Waals surface area (Å²) < 4.78 is 42.6. The first-order valence-corrected chi connectivity index (χ1v) is 19.2. The second-order valence-corrected chi connectivity index (χ2v) is 21.8. The third kappa shape index (κ3) is 6.01. The zero-order chi connectivity index (χ0) is 30.3. The van der Waals surface area contributed by atoms with Gasteiger partial charge in [0.2, 0.25) is 10.7 Å². The summed E-state index contributed by atoms with van der Waals surface area (Å²) in [5, 5.41) is 0. The van der Waals surface area contributed by atoms with Crippen molar-refractivity contribution in [2.75, 3.05) is 13.7 Å². The molecule has 4 rings (SSSR count). The maximum absolute atomic E-state index is 7.34. The summed E-state index contributed by atoms with van der Waals surface area (Å²) in [5.41, 5.74) is 2.99. The van der Waals surface area contributed by atoms with E-state index in [1.807, 2.05) is 48.9 Å². The van der Waals surface area contributed by atoms with Gasteiger partial charge in [0, 0.05) is 19.4 Å². The van der Waals surface area contributed by atoms with Gasteiger partial charge in [0.15, 0.2) is 6.23 Å². The van der Waals surface area contributed by atoms with E-state index in [-0.39, 0.29) is 34.4 Å². The van der Waals surface area contributed by atoms with Gasteiger partial charge in [0.1, 0.15) is 24.1 Å². The highest BCUT2D eigenvalue weighted by Crippen LogP contribution is 2.48. The van der Waals surface area contributed by atoms with Crippen LogP contribution in [0.4, 0.5) is 0 Å². The molecule has 1 aromatic carbocycles. The summed E-state index contributed by atoms with van der Waals surface area (Å²) in [4.78, 5) is 4.61.